The summed E-state index contributed by atoms with van der Waals surface area (Å²) in [6.07, 6.45) is 1.74. The van der Waals surface area contributed by atoms with Crippen molar-refractivity contribution in [1.82, 2.24) is 0 Å². The van der Waals surface area contributed by atoms with E-state index in [9.17, 15) is 8.78 Å². The fourth-order valence-corrected chi connectivity index (χ4v) is 2.10. The molecule has 0 atom stereocenters. The van der Waals surface area contributed by atoms with Gasteiger partial charge >= 0.3 is 0 Å². The first kappa shape index (κ1) is 17.4. The van der Waals surface area contributed by atoms with Crippen LogP contribution in [0.2, 0.25) is 0 Å². The molecule has 116 valence electrons. The van der Waals surface area contributed by atoms with Gasteiger partial charge in [-0.25, -0.2) is 8.78 Å². The van der Waals surface area contributed by atoms with Crippen LogP contribution in [0.15, 0.2) is 12.1 Å². The fraction of sp³-hybridized carbons (Fsp3) is 0.588. The largest absolute Gasteiger partial charge is 0.367 e. The van der Waals surface area contributed by atoms with E-state index in [1.54, 1.807) is 11.0 Å². The smallest absolute Gasteiger partial charge is 0.150 e. The fourth-order valence-electron chi connectivity index (χ4n) is 2.10. The molecule has 0 spiro atoms. The maximum Gasteiger partial charge on any atom is 0.150 e. The summed E-state index contributed by atoms with van der Waals surface area (Å²) in [7, 11) is 0. The Labute approximate surface area is 126 Å². The zero-order chi connectivity index (χ0) is 16.0. The van der Waals surface area contributed by atoms with E-state index in [0.29, 0.717) is 24.9 Å². The van der Waals surface area contributed by atoms with Crippen LogP contribution in [-0.4, -0.2) is 13.1 Å². The number of hydrogen-bond donors (Lipinski definition) is 0. The van der Waals surface area contributed by atoms with E-state index in [2.05, 4.69) is 27.7 Å². The first-order valence-corrected chi connectivity index (χ1v) is 7.49. The Bertz CT molecular complexity index is 469. The highest BCUT2D eigenvalue weighted by Gasteiger charge is 2.18. The summed E-state index contributed by atoms with van der Waals surface area (Å²) in [5.74, 6) is -0.370. The highest BCUT2D eigenvalue weighted by molar-refractivity contribution is 5.52. The topological polar surface area (TPSA) is 27.0 Å². The van der Waals surface area contributed by atoms with Gasteiger partial charge in [0.1, 0.15) is 5.69 Å². The van der Waals surface area contributed by atoms with E-state index in [-0.39, 0.29) is 11.3 Å². The van der Waals surface area contributed by atoms with Crippen LogP contribution in [-0.2, 0) is 0 Å². The third-order valence-electron chi connectivity index (χ3n) is 3.41. The molecule has 0 radical (unpaired) electrons. The van der Waals surface area contributed by atoms with Gasteiger partial charge in [0, 0.05) is 13.1 Å². The van der Waals surface area contributed by atoms with Crippen molar-refractivity contribution in [3.05, 3.63) is 29.3 Å². The lowest BCUT2D eigenvalue weighted by Crippen LogP contribution is -2.29. The number of anilines is 1. The molecule has 0 aliphatic heterocycles. The predicted molar refractivity (Wildman–Crippen MR) is 82.2 cm³/mol. The first-order chi connectivity index (χ1) is 9.85. The van der Waals surface area contributed by atoms with Crippen LogP contribution in [0.25, 0.3) is 0 Å². The lowest BCUT2D eigenvalue weighted by atomic mass is 10.1. The van der Waals surface area contributed by atoms with Crippen molar-refractivity contribution in [2.24, 2.45) is 11.8 Å². The van der Waals surface area contributed by atoms with Gasteiger partial charge in [0.05, 0.1) is 11.6 Å². The van der Waals surface area contributed by atoms with Crippen molar-refractivity contribution in [3.63, 3.8) is 0 Å². The van der Waals surface area contributed by atoms with Crippen LogP contribution in [0.5, 0.6) is 0 Å². The summed E-state index contributed by atoms with van der Waals surface area (Å²) in [6, 6.07) is 3.99. The molecule has 0 amide bonds. The van der Waals surface area contributed by atoms with E-state index in [0.717, 1.165) is 25.0 Å². The highest BCUT2D eigenvalue weighted by atomic mass is 19.1. The van der Waals surface area contributed by atoms with Gasteiger partial charge in [-0.05, 0) is 36.8 Å². The molecule has 0 aromatic heterocycles. The molecular weight excluding hydrogens is 270 g/mol. The molecular formula is C17H24F2N2. The Morgan fingerprint density at radius 3 is 1.76 bits per heavy atom. The second-order valence-corrected chi connectivity index (χ2v) is 6.25. The lowest BCUT2D eigenvalue weighted by Gasteiger charge is -2.27. The van der Waals surface area contributed by atoms with E-state index >= 15 is 0 Å². The number of benzene rings is 1. The van der Waals surface area contributed by atoms with Crippen molar-refractivity contribution in [2.75, 3.05) is 18.0 Å². The normalized spacial score (nSPS) is 11.0. The van der Waals surface area contributed by atoms with Gasteiger partial charge in [0.15, 0.2) is 11.6 Å². The molecule has 0 unspecified atom stereocenters. The minimum atomic E-state index is -0.654. The summed E-state index contributed by atoms with van der Waals surface area (Å²) in [6.45, 7) is 9.59. The third kappa shape index (κ3) is 5.34. The van der Waals surface area contributed by atoms with E-state index in [1.807, 2.05) is 0 Å². The minimum absolute atomic E-state index is 0.00435. The predicted octanol–water partition coefficient (Wildman–Crippen LogP) is 4.74. The summed E-state index contributed by atoms with van der Waals surface area (Å²) in [5.41, 5.74) is 0.0109. The van der Waals surface area contributed by atoms with Gasteiger partial charge < -0.3 is 4.90 Å². The first-order valence-electron chi connectivity index (χ1n) is 7.49. The minimum Gasteiger partial charge on any atom is -0.367 e. The number of rotatable bonds is 7. The molecule has 4 heteroatoms. The maximum absolute atomic E-state index is 14.2. The van der Waals surface area contributed by atoms with Gasteiger partial charge in [0.25, 0.3) is 0 Å². The molecule has 0 fully saturated rings. The van der Waals surface area contributed by atoms with Crippen LogP contribution in [0.4, 0.5) is 14.5 Å². The van der Waals surface area contributed by atoms with Crippen LogP contribution >= 0.6 is 0 Å². The average molecular weight is 294 g/mol. The summed E-state index contributed by atoms with van der Waals surface area (Å²) >= 11 is 0. The quantitative estimate of drug-likeness (QED) is 0.726. The Hall–Kier alpha value is -1.63. The third-order valence-corrected chi connectivity index (χ3v) is 3.41. The molecule has 1 aromatic rings. The number of nitriles is 1. The molecule has 1 aromatic carbocycles. The van der Waals surface area contributed by atoms with Crippen molar-refractivity contribution in [3.8, 4) is 6.07 Å². The maximum atomic E-state index is 14.2. The highest BCUT2D eigenvalue weighted by Crippen LogP contribution is 2.26. The van der Waals surface area contributed by atoms with Crippen LogP contribution < -0.4 is 4.90 Å². The number of nitrogens with zero attached hydrogens (tertiary/aromatic N) is 2. The van der Waals surface area contributed by atoms with Gasteiger partial charge in [-0.3, -0.25) is 0 Å². The van der Waals surface area contributed by atoms with Crippen molar-refractivity contribution >= 4 is 5.69 Å². The number of hydrogen-bond acceptors (Lipinski definition) is 2. The molecule has 0 saturated heterocycles. The molecule has 0 heterocycles. The van der Waals surface area contributed by atoms with Gasteiger partial charge in [0.2, 0.25) is 0 Å². The monoisotopic (exact) mass is 294 g/mol. The van der Waals surface area contributed by atoms with Crippen LogP contribution in [0.3, 0.4) is 0 Å². The zero-order valence-electron chi connectivity index (χ0n) is 13.3. The standard InChI is InChI=1S/C17H24F2N2/c1-12(2)5-7-21(8-6-13(3)4)17-15(18)9-14(11-20)10-16(17)19/h9-10,12-13H,5-8H2,1-4H3. The van der Waals surface area contributed by atoms with Crippen molar-refractivity contribution in [1.29, 1.82) is 5.26 Å². The van der Waals surface area contributed by atoms with E-state index < -0.39 is 11.6 Å². The summed E-state index contributed by atoms with van der Waals surface area (Å²) in [4.78, 5) is 1.77. The molecule has 21 heavy (non-hydrogen) atoms. The van der Waals surface area contributed by atoms with Crippen LogP contribution in [0, 0.1) is 34.8 Å². The molecule has 0 N–H and O–H groups in total. The van der Waals surface area contributed by atoms with Crippen molar-refractivity contribution in [2.45, 2.75) is 40.5 Å². The second kappa shape index (κ2) is 7.97. The SMILES string of the molecule is CC(C)CCN(CCC(C)C)c1c(F)cc(C#N)cc1F. The molecule has 2 nitrogen and oxygen atoms in total. The molecule has 0 aliphatic rings. The molecule has 0 aliphatic carbocycles. The zero-order valence-corrected chi connectivity index (χ0v) is 13.3. The van der Waals surface area contributed by atoms with Crippen molar-refractivity contribution < 1.29 is 8.78 Å². The molecule has 0 saturated carbocycles. The lowest BCUT2D eigenvalue weighted by molar-refractivity contribution is 0.513. The van der Waals surface area contributed by atoms with Gasteiger partial charge in [-0.1, -0.05) is 27.7 Å². The summed E-state index contributed by atoms with van der Waals surface area (Å²) in [5, 5.41) is 8.77. The average Bonchev–Trinajstić information content (AvgIpc) is 2.39. The van der Waals surface area contributed by atoms with Gasteiger partial charge in [-0.15, -0.1) is 0 Å². The Balaban J connectivity index is 3.04. The Kier molecular flexibility index (Phi) is 6.61. The molecule has 1 rings (SSSR count). The Morgan fingerprint density at radius 1 is 1.00 bits per heavy atom. The van der Waals surface area contributed by atoms with E-state index in [1.165, 1.54) is 0 Å². The number of halogens is 2. The Morgan fingerprint density at radius 2 is 1.43 bits per heavy atom. The van der Waals surface area contributed by atoms with Gasteiger partial charge in [-0.2, -0.15) is 5.26 Å². The second-order valence-electron chi connectivity index (χ2n) is 6.25. The van der Waals surface area contributed by atoms with E-state index in [4.69, 9.17) is 5.26 Å². The van der Waals surface area contributed by atoms with Crippen LogP contribution in [0.1, 0.15) is 46.1 Å². The summed E-state index contributed by atoms with van der Waals surface area (Å²) < 4.78 is 28.3. The molecule has 0 bridgehead atoms.